The van der Waals surface area contributed by atoms with Gasteiger partial charge >= 0.3 is 6.03 Å². The number of benzene rings is 2. The second-order valence-electron chi connectivity index (χ2n) is 7.38. The van der Waals surface area contributed by atoms with Crippen LogP contribution in [0.3, 0.4) is 0 Å². The molecule has 6 heteroatoms. The molecular formula is C23H31N3O3. The van der Waals surface area contributed by atoms with Crippen LogP contribution < -0.4 is 25.0 Å². The summed E-state index contributed by atoms with van der Waals surface area (Å²) in [4.78, 5) is 14.7. The van der Waals surface area contributed by atoms with Crippen LogP contribution in [0.5, 0.6) is 11.5 Å². The van der Waals surface area contributed by atoms with Crippen molar-refractivity contribution >= 4 is 17.4 Å². The number of carbonyl (C=O) groups excluding carboxylic acids is 1. The minimum absolute atomic E-state index is 0.0243. The van der Waals surface area contributed by atoms with Crippen molar-refractivity contribution in [1.82, 2.24) is 5.32 Å². The molecule has 0 spiro atoms. The van der Waals surface area contributed by atoms with E-state index >= 15 is 0 Å². The molecule has 1 fully saturated rings. The highest BCUT2D eigenvalue weighted by atomic mass is 16.5. The second kappa shape index (κ2) is 9.07. The number of hydrogen-bond donors (Lipinski definition) is 2. The van der Waals surface area contributed by atoms with Gasteiger partial charge in [0, 0.05) is 36.4 Å². The van der Waals surface area contributed by atoms with Gasteiger partial charge in [0.2, 0.25) is 0 Å². The van der Waals surface area contributed by atoms with Gasteiger partial charge in [-0.15, -0.1) is 0 Å². The van der Waals surface area contributed by atoms with Crippen molar-refractivity contribution < 1.29 is 14.3 Å². The maximum absolute atomic E-state index is 12.4. The third-order valence-electron chi connectivity index (χ3n) is 5.69. The molecule has 0 aliphatic heterocycles. The second-order valence-corrected chi connectivity index (χ2v) is 7.38. The summed E-state index contributed by atoms with van der Waals surface area (Å²) in [5, 5.41) is 5.95. The van der Waals surface area contributed by atoms with Crippen LogP contribution >= 0.6 is 0 Å². The number of urea groups is 1. The highest BCUT2D eigenvalue weighted by Gasteiger charge is 2.44. The van der Waals surface area contributed by atoms with E-state index in [0.717, 1.165) is 37.3 Å². The first kappa shape index (κ1) is 20.8. The Morgan fingerprint density at radius 2 is 1.66 bits per heavy atom. The molecule has 0 atom stereocenters. The summed E-state index contributed by atoms with van der Waals surface area (Å²) < 4.78 is 10.7. The van der Waals surface area contributed by atoms with Crippen LogP contribution in [-0.4, -0.2) is 39.9 Å². The van der Waals surface area contributed by atoms with E-state index in [9.17, 15) is 4.79 Å². The van der Waals surface area contributed by atoms with Crippen molar-refractivity contribution in [3.05, 3.63) is 48.0 Å². The number of hydrogen-bond acceptors (Lipinski definition) is 4. The number of anilines is 2. The summed E-state index contributed by atoms with van der Waals surface area (Å²) in [5.74, 6) is 1.43. The number of ether oxygens (including phenoxy) is 2. The van der Waals surface area contributed by atoms with E-state index in [1.165, 1.54) is 5.56 Å². The number of methoxy groups -OCH3 is 2. The minimum Gasteiger partial charge on any atom is -0.493 e. The first-order chi connectivity index (χ1) is 14.0. The van der Waals surface area contributed by atoms with E-state index in [1.54, 1.807) is 14.2 Å². The molecule has 2 amide bonds. The topological polar surface area (TPSA) is 62.8 Å². The molecule has 0 heterocycles. The van der Waals surface area contributed by atoms with Gasteiger partial charge in [-0.2, -0.15) is 0 Å². The van der Waals surface area contributed by atoms with E-state index in [1.807, 2.05) is 36.4 Å². The number of carbonyl (C=O) groups is 1. The van der Waals surface area contributed by atoms with Gasteiger partial charge in [0.15, 0.2) is 11.5 Å². The smallest absolute Gasteiger partial charge is 0.319 e. The zero-order chi connectivity index (χ0) is 20.9. The average molecular weight is 398 g/mol. The largest absolute Gasteiger partial charge is 0.493 e. The third-order valence-corrected chi connectivity index (χ3v) is 5.69. The lowest BCUT2D eigenvalue weighted by Gasteiger charge is -2.21. The van der Waals surface area contributed by atoms with E-state index in [2.05, 4.69) is 35.4 Å². The Hall–Kier alpha value is -2.89. The quantitative estimate of drug-likeness (QED) is 0.658. The van der Waals surface area contributed by atoms with Crippen LogP contribution in [0.1, 0.15) is 32.3 Å². The maximum atomic E-state index is 12.4. The Bertz CT molecular complexity index is 828. The highest BCUT2D eigenvalue weighted by molar-refractivity contribution is 5.89. The summed E-state index contributed by atoms with van der Waals surface area (Å²) in [6, 6.07) is 13.8. The van der Waals surface area contributed by atoms with Crippen molar-refractivity contribution in [2.45, 2.75) is 32.1 Å². The van der Waals surface area contributed by atoms with Crippen molar-refractivity contribution in [3.63, 3.8) is 0 Å². The molecule has 0 unspecified atom stereocenters. The molecule has 2 N–H and O–H groups in total. The minimum atomic E-state index is -0.188. The van der Waals surface area contributed by atoms with Crippen LogP contribution in [0.25, 0.3) is 0 Å². The molecule has 29 heavy (non-hydrogen) atoms. The van der Waals surface area contributed by atoms with Gasteiger partial charge in [-0.05, 0) is 68.7 Å². The Balaban J connectivity index is 1.58. The lowest BCUT2D eigenvalue weighted by atomic mass is 9.95. The average Bonchev–Trinajstić information content (AvgIpc) is 3.55. The van der Waals surface area contributed by atoms with Gasteiger partial charge in [-0.1, -0.05) is 6.07 Å². The van der Waals surface area contributed by atoms with Crippen LogP contribution in [0.15, 0.2) is 42.5 Å². The lowest BCUT2D eigenvalue weighted by Crippen LogP contribution is -2.35. The molecule has 2 aromatic rings. The van der Waals surface area contributed by atoms with Crippen LogP contribution in [0.2, 0.25) is 0 Å². The molecule has 3 rings (SSSR count). The van der Waals surface area contributed by atoms with Crippen LogP contribution in [0, 0.1) is 0 Å². The summed E-state index contributed by atoms with van der Waals surface area (Å²) in [5.41, 5.74) is 3.09. The van der Waals surface area contributed by atoms with Crippen molar-refractivity contribution in [2.75, 3.05) is 44.1 Å². The monoisotopic (exact) mass is 397 g/mol. The molecule has 0 aromatic heterocycles. The zero-order valence-electron chi connectivity index (χ0n) is 17.7. The summed E-state index contributed by atoms with van der Waals surface area (Å²) in [6.45, 7) is 6.78. The van der Waals surface area contributed by atoms with Gasteiger partial charge in [0.1, 0.15) is 0 Å². The summed E-state index contributed by atoms with van der Waals surface area (Å²) >= 11 is 0. The molecule has 2 aromatic carbocycles. The predicted octanol–water partition coefficient (Wildman–Crippen LogP) is 4.40. The van der Waals surface area contributed by atoms with Gasteiger partial charge in [-0.3, -0.25) is 0 Å². The number of rotatable bonds is 9. The molecule has 1 aliphatic rings. The van der Waals surface area contributed by atoms with Crippen molar-refractivity contribution in [1.29, 1.82) is 0 Å². The van der Waals surface area contributed by atoms with E-state index in [-0.39, 0.29) is 11.4 Å². The standard InChI is InChI=1S/C23H31N3O3/c1-5-26(6-2)19-10-8-18(9-11-19)25-22(27)24-16-23(13-14-23)17-7-12-20(28-3)21(15-17)29-4/h7-12,15H,5-6,13-14,16H2,1-4H3,(H2,24,25,27). The summed E-state index contributed by atoms with van der Waals surface area (Å²) in [7, 11) is 3.27. The Kier molecular flexibility index (Phi) is 6.52. The fraction of sp³-hybridized carbons (Fsp3) is 0.435. The van der Waals surface area contributed by atoms with Crippen LogP contribution in [-0.2, 0) is 5.41 Å². The van der Waals surface area contributed by atoms with Gasteiger partial charge in [0.05, 0.1) is 14.2 Å². The molecule has 0 saturated heterocycles. The first-order valence-corrected chi connectivity index (χ1v) is 10.2. The lowest BCUT2D eigenvalue weighted by molar-refractivity contribution is 0.251. The highest BCUT2D eigenvalue weighted by Crippen LogP contribution is 2.49. The first-order valence-electron chi connectivity index (χ1n) is 10.2. The number of nitrogens with zero attached hydrogens (tertiary/aromatic N) is 1. The molecule has 0 radical (unpaired) electrons. The SMILES string of the molecule is CCN(CC)c1ccc(NC(=O)NCC2(c3ccc(OC)c(OC)c3)CC2)cc1. The van der Waals surface area contributed by atoms with E-state index in [0.29, 0.717) is 18.0 Å². The van der Waals surface area contributed by atoms with E-state index < -0.39 is 0 Å². The number of nitrogens with one attached hydrogen (secondary N) is 2. The normalized spacial score (nSPS) is 14.1. The maximum Gasteiger partial charge on any atom is 0.319 e. The zero-order valence-corrected chi connectivity index (χ0v) is 17.7. The molecule has 156 valence electrons. The molecule has 1 saturated carbocycles. The molecule has 6 nitrogen and oxygen atoms in total. The molecule has 1 aliphatic carbocycles. The summed E-state index contributed by atoms with van der Waals surface area (Å²) in [6.07, 6.45) is 2.09. The molecule has 0 bridgehead atoms. The predicted molar refractivity (Wildman–Crippen MR) is 117 cm³/mol. The third kappa shape index (κ3) is 4.75. The Morgan fingerprint density at radius 3 is 2.21 bits per heavy atom. The van der Waals surface area contributed by atoms with Crippen molar-refractivity contribution in [2.24, 2.45) is 0 Å². The van der Waals surface area contributed by atoms with Crippen molar-refractivity contribution in [3.8, 4) is 11.5 Å². The number of amides is 2. The fourth-order valence-corrected chi connectivity index (χ4v) is 3.65. The van der Waals surface area contributed by atoms with Gasteiger partial charge in [0.25, 0.3) is 0 Å². The van der Waals surface area contributed by atoms with Gasteiger partial charge in [-0.25, -0.2) is 4.79 Å². The van der Waals surface area contributed by atoms with Crippen LogP contribution in [0.4, 0.5) is 16.2 Å². The molecular weight excluding hydrogens is 366 g/mol. The Morgan fingerprint density at radius 1 is 1.00 bits per heavy atom. The van der Waals surface area contributed by atoms with Gasteiger partial charge < -0.3 is 25.0 Å². The Labute approximate surface area is 173 Å². The van der Waals surface area contributed by atoms with E-state index in [4.69, 9.17) is 9.47 Å². The fourth-order valence-electron chi connectivity index (χ4n) is 3.65.